The number of hydrogen-bond acceptors (Lipinski definition) is 3. The second-order valence-electron chi connectivity index (χ2n) is 5.30. The Labute approximate surface area is 172 Å². The predicted octanol–water partition coefficient (Wildman–Crippen LogP) is 2.76. The highest BCUT2D eigenvalue weighted by Gasteiger charge is 2.07. The van der Waals surface area contributed by atoms with Crippen LogP contribution in [-0.2, 0) is 4.79 Å². The van der Waals surface area contributed by atoms with Crippen LogP contribution in [0.2, 0.25) is 5.02 Å². The average molecular weight is 483 g/mol. The minimum Gasteiger partial charge on any atom is -0.492 e. The Morgan fingerprint density at radius 3 is 2.52 bits per heavy atom. The van der Waals surface area contributed by atoms with Crippen LogP contribution in [0.25, 0.3) is 0 Å². The number of carbonyl (C=O) groups excluding carboxylic acids is 1. The standard InChI is InChI=1S/C17H27ClN4O2.HI/c1-4-10-20-16(23)9-11-21-17(19-2)22(3)12-13-24-15-7-5-14(18)6-8-15;/h5-8H,4,9-13H2,1-3H3,(H,19,21)(H,20,23);1H. The molecule has 0 bridgehead atoms. The van der Waals surface area contributed by atoms with Crippen molar-refractivity contribution in [2.75, 3.05) is 40.3 Å². The molecule has 2 N–H and O–H groups in total. The molecular weight excluding hydrogens is 455 g/mol. The maximum absolute atomic E-state index is 11.6. The minimum absolute atomic E-state index is 0. The number of carbonyl (C=O) groups is 1. The van der Waals surface area contributed by atoms with E-state index in [2.05, 4.69) is 15.6 Å². The van der Waals surface area contributed by atoms with Crippen LogP contribution >= 0.6 is 35.6 Å². The molecular formula is C17H28ClIN4O2. The Balaban J connectivity index is 0.00000576. The van der Waals surface area contributed by atoms with Crippen molar-refractivity contribution in [2.24, 2.45) is 4.99 Å². The van der Waals surface area contributed by atoms with Crippen molar-refractivity contribution in [3.05, 3.63) is 29.3 Å². The second-order valence-corrected chi connectivity index (χ2v) is 5.73. The number of amides is 1. The van der Waals surface area contributed by atoms with E-state index >= 15 is 0 Å². The van der Waals surface area contributed by atoms with Crippen molar-refractivity contribution in [1.29, 1.82) is 0 Å². The highest BCUT2D eigenvalue weighted by atomic mass is 127. The first-order valence-corrected chi connectivity index (χ1v) is 8.51. The molecule has 0 fully saturated rings. The van der Waals surface area contributed by atoms with Crippen molar-refractivity contribution < 1.29 is 9.53 Å². The summed E-state index contributed by atoms with van der Waals surface area (Å²) in [5, 5.41) is 6.71. The molecule has 0 atom stereocenters. The van der Waals surface area contributed by atoms with Crippen LogP contribution in [0.5, 0.6) is 5.75 Å². The lowest BCUT2D eigenvalue weighted by molar-refractivity contribution is -0.120. The summed E-state index contributed by atoms with van der Waals surface area (Å²) in [6.07, 6.45) is 1.37. The zero-order valence-corrected chi connectivity index (χ0v) is 18.1. The molecule has 0 aliphatic rings. The molecule has 1 aromatic carbocycles. The first-order valence-electron chi connectivity index (χ1n) is 8.13. The third-order valence-electron chi connectivity index (χ3n) is 3.29. The van der Waals surface area contributed by atoms with Gasteiger partial charge in [0.15, 0.2) is 5.96 Å². The van der Waals surface area contributed by atoms with Gasteiger partial charge in [0.25, 0.3) is 0 Å². The van der Waals surface area contributed by atoms with Crippen LogP contribution in [0.4, 0.5) is 0 Å². The molecule has 1 aromatic rings. The summed E-state index contributed by atoms with van der Waals surface area (Å²) in [5.74, 6) is 1.56. The third kappa shape index (κ3) is 10.4. The van der Waals surface area contributed by atoms with Crippen LogP contribution < -0.4 is 15.4 Å². The minimum atomic E-state index is 0. The van der Waals surface area contributed by atoms with Crippen LogP contribution in [0.15, 0.2) is 29.3 Å². The van der Waals surface area contributed by atoms with Crippen molar-refractivity contribution in [2.45, 2.75) is 19.8 Å². The molecule has 0 saturated carbocycles. The molecule has 0 aliphatic carbocycles. The van der Waals surface area contributed by atoms with Gasteiger partial charge in [-0.25, -0.2) is 0 Å². The summed E-state index contributed by atoms with van der Waals surface area (Å²) < 4.78 is 5.67. The summed E-state index contributed by atoms with van der Waals surface area (Å²) in [4.78, 5) is 17.7. The van der Waals surface area contributed by atoms with Crippen molar-refractivity contribution in [1.82, 2.24) is 15.5 Å². The molecule has 0 radical (unpaired) electrons. The van der Waals surface area contributed by atoms with Gasteiger partial charge >= 0.3 is 0 Å². The number of benzene rings is 1. The maximum Gasteiger partial charge on any atom is 0.221 e. The van der Waals surface area contributed by atoms with E-state index in [9.17, 15) is 4.79 Å². The van der Waals surface area contributed by atoms with Gasteiger partial charge in [-0.2, -0.15) is 0 Å². The summed E-state index contributed by atoms with van der Waals surface area (Å²) in [5.41, 5.74) is 0. The first-order chi connectivity index (χ1) is 11.6. The Hall–Kier alpha value is -1.22. The maximum atomic E-state index is 11.6. The van der Waals surface area contributed by atoms with Crippen LogP contribution in [0.1, 0.15) is 19.8 Å². The molecule has 0 heterocycles. The van der Waals surface area contributed by atoms with E-state index in [4.69, 9.17) is 16.3 Å². The smallest absolute Gasteiger partial charge is 0.221 e. The fourth-order valence-electron chi connectivity index (χ4n) is 1.96. The molecule has 1 rings (SSSR count). The van der Waals surface area contributed by atoms with E-state index in [0.29, 0.717) is 31.1 Å². The van der Waals surface area contributed by atoms with Gasteiger partial charge in [0.2, 0.25) is 5.91 Å². The van der Waals surface area contributed by atoms with Gasteiger partial charge in [-0.05, 0) is 30.7 Å². The molecule has 8 heteroatoms. The number of halogens is 2. The lowest BCUT2D eigenvalue weighted by atomic mass is 10.3. The van der Waals surface area contributed by atoms with E-state index in [1.165, 1.54) is 0 Å². The van der Waals surface area contributed by atoms with Crippen LogP contribution in [0.3, 0.4) is 0 Å². The fraction of sp³-hybridized carbons (Fsp3) is 0.529. The summed E-state index contributed by atoms with van der Waals surface area (Å²) in [6.45, 7) is 4.49. The highest BCUT2D eigenvalue weighted by molar-refractivity contribution is 14.0. The predicted molar refractivity (Wildman–Crippen MR) is 114 cm³/mol. The number of nitrogens with zero attached hydrogens (tertiary/aromatic N) is 2. The Morgan fingerprint density at radius 2 is 1.92 bits per heavy atom. The summed E-state index contributed by atoms with van der Waals surface area (Å²) in [7, 11) is 3.65. The van der Waals surface area contributed by atoms with Gasteiger partial charge in [-0.1, -0.05) is 18.5 Å². The van der Waals surface area contributed by atoms with E-state index in [1.807, 2.05) is 31.0 Å². The van der Waals surface area contributed by atoms with Crippen molar-refractivity contribution in [3.8, 4) is 5.75 Å². The number of ether oxygens (including phenoxy) is 1. The first kappa shape index (κ1) is 23.8. The summed E-state index contributed by atoms with van der Waals surface area (Å²) in [6, 6.07) is 7.27. The number of guanidine groups is 1. The number of likely N-dealkylation sites (N-methyl/N-ethyl adjacent to an activating group) is 1. The summed E-state index contributed by atoms with van der Waals surface area (Å²) >= 11 is 5.84. The molecule has 25 heavy (non-hydrogen) atoms. The Bertz CT molecular complexity index is 526. The Kier molecular flexibility index (Phi) is 13.3. The van der Waals surface area contributed by atoms with Gasteiger partial charge in [-0.15, -0.1) is 24.0 Å². The molecule has 0 aliphatic heterocycles. The molecule has 6 nitrogen and oxygen atoms in total. The van der Waals surface area contributed by atoms with Gasteiger partial charge in [0.05, 0.1) is 6.54 Å². The SMILES string of the molecule is CCCNC(=O)CCNC(=NC)N(C)CCOc1ccc(Cl)cc1.I. The third-order valence-corrected chi connectivity index (χ3v) is 3.54. The Morgan fingerprint density at radius 1 is 1.24 bits per heavy atom. The van der Waals surface area contributed by atoms with E-state index in [0.717, 1.165) is 24.7 Å². The molecule has 0 aromatic heterocycles. The average Bonchev–Trinajstić information content (AvgIpc) is 2.58. The van der Waals surface area contributed by atoms with Gasteiger partial charge in [0, 0.05) is 38.6 Å². The van der Waals surface area contributed by atoms with Crippen molar-refractivity contribution >= 4 is 47.4 Å². The number of nitrogens with one attached hydrogen (secondary N) is 2. The van der Waals surface area contributed by atoms with E-state index in [1.54, 1.807) is 19.2 Å². The largest absolute Gasteiger partial charge is 0.492 e. The van der Waals surface area contributed by atoms with Gasteiger partial charge < -0.3 is 20.3 Å². The normalized spacial score (nSPS) is 10.6. The molecule has 0 saturated heterocycles. The molecule has 0 unspecified atom stereocenters. The second kappa shape index (κ2) is 14.0. The van der Waals surface area contributed by atoms with Crippen LogP contribution in [-0.4, -0.2) is 57.1 Å². The fourth-order valence-corrected chi connectivity index (χ4v) is 2.09. The van der Waals surface area contributed by atoms with E-state index < -0.39 is 0 Å². The van der Waals surface area contributed by atoms with Gasteiger partial charge in [0.1, 0.15) is 12.4 Å². The zero-order valence-electron chi connectivity index (χ0n) is 15.0. The van der Waals surface area contributed by atoms with E-state index in [-0.39, 0.29) is 29.9 Å². The zero-order chi connectivity index (χ0) is 17.8. The molecule has 142 valence electrons. The molecule has 1 amide bonds. The van der Waals surface area contributed by atoms with Crippen molar-refractivity contribution in [3.63, 3.8) is 0 Å². The highest BCUT2D eigenvalue weighted by Crippen LogP contribution is 2.15. The topological polar surface area (TPSA) is 66.0 Å². The molecule has 0 spiro atoms. The van der Waals surface area contributed by atoms with Gasteiger partial charge in [-0.3, -0.25) is 9.79 Å². The monoisotopic (exact) mass is 482 g/mol. The van der Waals surface area contributed by atoms with Crippen LogP contribution in [0, 0.1) is 0 Å². The lowest BCUT2D eigenvalue weighted by Crippen LogP contribution is -2.42. The number of aliphatic imine (C=N–C) groups is 1. The number of rotatable bonds is 9. The lowest BCUT2D eigenvalue weighted by Gasteiger charge is -2.22. The quantitative estimate of drug-likeness (QED) is 0.323. The number of hydrogen-bond donors (Lipinski definition) is 2.